The maximum absolute atomic E-state index is 13.1. The number of nitrogens with zero attached hydrogens (tertiary/aromatic N) is 4. The predicted molar refractivity (Wildman–Crippen MR) is 96.6 cm³/mol. The number of phenols is 1. The lowest BCUT2D eigenvalue weighted by atomic mass is 10.0. The van der Waals surface area contributed by atoms with Gasteiger partial charge in [-0.25, -0.2) is 13.9 Å². The predicted octanol–water partition coefficient (Wildman–Crippen LogP) is 3.38. The summed E-state index contributed by atoms with van der Waals surface area (Å²) in [5, 5.41) is 25.2. The molecule has 2 aromatic carbocycles. The Hall–Kier alpha value is -4.14. The number of carbonyl (C=O) groups is 1. The molecule has 2 heterocycles. The number of non-ortho nitro benzene ring substituents is 1. The summed E-state index contributed by atoms with van der Waals surface area (Å²) in [5.41, 5.74) is 1.25. The molecule has 0 saturated heterocycles. The van der Waals surface area contributed by atoms with Crippen molar-refractivity contribution in [2.75, 3.05) is 0 Å². The van der Waals surface area contributed by atoms with Crippen LogP contribution in [0.3, 0.4) is 0 Å². The summed E-state index contributed by atoms with van der Waals surface area (Å²) in [5.74, 6) is -1.37. The maximum atomic E-state index is 13.1. The number of hydrogen-bond acceptors (Lipinski definition) is 6. The number of nitro benzene ring substituents is 1. The molecule has 0 bridgehead atoms. The van der Waals surface area contributed by atoms with E-state index in [-0.39, 0.29) is 28.4 Å². The van der Waals surface area contributed by atoms with Crippen LogP contribution in [0.5, 0.6) is 5.75 Å². The van der Waals surface area contributed by atoms with E-state index in [9.17, 15) is 24.4 Å². The highest BCUT2D eigenvalue weighted by atomic mass is 19.1. The van der Waals surface area contributed by atoms with Gasteiger partial charge < -0.3 is 5.11 Å². The minimum atomic E-state index is -0.653. The molecule has 0 aliphatic carbocycles. The number of aromatic nitrogens is 3. The molecule has 28 heavy (non-hydrogen) atoms. The fraction of sp³-hybridized carbons (Fsp3) is 0. The molecule has 0 spiro atoms. The van der Waals surface area contributed by atoms with E-state index >= 15 is 0 Å². The molecule has 0 radical (unpaired) electrons. The van der Waals surface area contributed by atoms with Crippen LogP contribution in [0.25, 0.3) is 16.9 Å². The SMILES string of the molecule is O=C(c1cnc2cc(-c3ccc(F)cc3)nn2c1)c1cc([N+](=O)[O-])ccc1O. The molecule has 0 atom stereocenters. The van der Waals surface area contributed by atoms with Crippen molar-refractivity contribution in [3.8, 4) is 17.0 Å². The monoisotopic (exact) mass is 378 g/mol. The van der Waals surface area contributed by atoms with E-state index in [0.717, 1.165) is 18.2 Å². The molecule has 0 aliphatic rings. The Bertz CT molecular complexity index is 1230. The number of fused-ring (bicyclic) bond motifs is 1. The van der Waals surface area contributed by atoms with Gasteiger partial charge in [-0.2, -0.15) is 5.10 Å². The maximum Gasteiger partial charge on any atom is 0.270 e. The molecule has 8 nitrogen and oxygen atoms in total. The van der Waals surface area contributed by atoms with Gasteiger partial charge in [0.2, 0.25) is 0 Å². The van der Waals surface area contributed by atoms with Crippen LogP contribution in [-0.2, 0) is 0 Å². The van der Waals surface area contributed by atoms with E-state index < -0.39 is 10.7 Å². The molecule has 0 saturated carbocycles. The average Bonchev–Trinajstić information content (AvgIpc) is 3.11. The summed E-state index contributed by atoms with van der Waals surface area (Å²) >= 11 is 0. The Morgan fingerprint density at radius 3 is 2.61 bits per heavy atom. The van der Waals surface area contributed by atoms with Gasteiger partial charge in [-0.15, -0.1) is 0 Å². The fourth-order valence-corrected chi connectivity index (χ4v) is 2.73. The second-order valence-corrected chi connectivity index (χ2v) is 5.97. The Labute approximate surface area is 156 Å². The van der Waals surface area contributed by atoms with Crippen LogP contribution in [0, 0.1) is 15.9 Å². The standard InChI is InChI=1S/C19H11FN4O4/c20-13-3-1-11(2-4-13)16-8-18-21-9-12(10-23(18)22-16)19(26)15-7-14(24(27)28)5-6-17(15)25/h1-10,25H. The van der Waals surface area contributed by atoms with E-state index in [1.807, 2.05) is 0 Å². The van der Waals surface area contributed by atoms with Gasteiger partial charge in [0.25, 0.3) is 5.69 Å². The molecule has 4 aromatic rings. The van der Waals surface area contributed by atoms with E-state index in [0.29, 0.717) is 16.9 Å². The summed E-state index contributed by atoms with van der Waals surface area (Å²) in [6, 6.07) is 10.7. The van der Waals surface area contributed by atoms with E-state index in [2.05, 4.69) is 10.1 Å². The van der Waals surface area contributed by atoms with Gasteiger partial charge in [0, 0.05) is 36.2 Å². The topological polar surface area (TPSA) is 111 Å². The number of halogens is 1. The minimum absolute atomic E-state index is 0.0945. The van der Waals surface area contributed by atoms with Crippen LogP contribution in [-0.4, -0.2) is 30.4 Å². The zero-order chi connectivity index (χ0) is 19.8. The van der Waals surface area contributed by atoms with Crippen molar-refractivity contribution in [2.45, 2.75) is 0 Å². The summed E-state index contributed by atoms with van der Waals surface area (Å²) in [6.07, 6.45) is 2.71. The highest BCUT2D eigenvalue weighted by Gasteiger charge is 2.19. The van der Waals surface area contributed by atoms with Crippen molar-refractivity contribution in [1.82, 2.24) is 14.6 Å². The summed E-state index contributed by atoms with van der Waals surface area (Å²) in [4.78, 5) is 27.1. The smallest absolute Gasteiger partial charge is 0.270 e. The third kappa shape index (κ3) is 3.05. The molecule has 0 amide bonds. The molecule has 1 N–H and O–H groups in total. The van der Waals surface area contributed by atoms with Gasteiger partial charge in [0.15, 0.2) is 11.4 Å². The first-order valence-corrected chi connectivity index (χ1v) is 8.06. The fourth-order valence-electron chi connectivity index (χ4n) is 2.73. The molecule has 2 aromatic heterocycles. The summed E-state index contributed by atoms with van der Waals surface area (Å²) < 4.78 is 14.5. The number of aromatic hydroxyl groups is 1. The molecule has 0 unspecified atom stereocenters. The van der Waals surface area contributed by atoms with Crippen molar-refractivity contribution >= 4 is 17.1 Å². The number of phenolic OH excluding ortho intramolecular Hbond substituents is 1. The highest BCUT2D eigenvalue weighted by Crippen LogP contribution is 2.26. The first-order chi connectivity index (χ1) is 13.4. The molecule has 4 rings (SSSR count). The Balaban J connectivity index is 1.74. The molecular weight excluding hydrogens is 367 g/mol. The number of carbonyl (C=O) groups excluding carboxylic acids is 1. The average molecular weight is 378 g/mol. The number of rotatable bonds is 4. The number of hydrogen-bond donors (Lipinski definition) is 1. The van der Waals surface area contributed by atoms with Crippen LogP contribution >= 0.6 is 0 Å². The number of ketones is 1. The van der Waals surface area contributed by atoms with Crippen molar-refractivity contribution in [3.05, 3.63) is 88.0 Å². The van der Waals surface area contributed by atoms with Crippen LogP contribution in [0.15, 0.2) is 60.9 Å². The summed E-state index contributed by atoms with van der Waals surface area (Å²) in [6.45, 7) is 0. The second kappa shape index (κ2) is 6.54. The first kappa shape index (κ1) is 17.3. The lowest BCUT2D eigenvalue weighted by Crippen LogP contribution is -2.05. The third-order valence-corrected chi connectivity index (χ3v) is 4.15. The largest absolute Gasteiger partial charge is 0.507 e. The zero-order valence-electron chi connectivity index (χ0n) is 14.1. The second-order valence-electron chi connectivity index (χ2n) is 5.97. The van der Waals surface area contributed by atoms with Crippen LogP contribution < -0.4 is 0 Å². The summed E-state index contributed by atoms with van der Waals surface area (Å²) in [7, 11) is 0. The Kier molecular flexibility index (Phi) is 4.04. The number of benzene rings is 2. The van der Waals surface area contributed by atoms with Gasteiger partial charge in [0.1, 0.15) is 11.6 Å². The molecule has 0 aliphatic heterocycles. The lowest BCUT2D eigenvalue weighted by Gasteiger charge is -2.04. The first-order valence-electron chi connectivity index (χ1n) is 8.06. The third-order valence-electron chi connectivity index (χ3n) is 4.15. The van der Waals surface area contributed by atoms with Gasteiger partial charge in [-0.1, -0.05) is 0 Å². The van der Waals surface area contributed by atoms with Crippen molar-refractivity contribution in [2.24, 2.45) is 0 Å². The van der Waals surface area contributed by atoms with E-state index in [1.54, 1.807) is 18.2 Å². The van der Waals surface area contributed by atoms with Crippen molar-refractivity contribution in [1.29, 1.82) is 0 Å². The van der Waals surface area contributed by atoms with E-state index in [4.69, 9.17) is 0 Å². The lowest BCUT2D eigenvalue weighted by molar-refractivity contribution is -0.384. The van der Waals surface area contributed by atoms with Crippen LogP contribution in [0.4, 0.5) is 10.1 Å². The quantitative estimate of drug-likeness (QED) is 0.331. The van der Waals surface area contributed by atoms with Gasteiger partial charge in [0.05, 0.1) is 21.7 Å². The Morgan fingerprint density at radius 1 is 1.14 bits per heavy atom. The molecule has 0 fully saturated rings. The Morgan fingerprint density at radius 2 is 1.89 bits per heavy atom. The highest BCUT2D eigenvalue weighted by molar-refractivity contribution is 6.10. The molecule has 138 valence electrons. The van der Waals surface area contributed by atoms with Gasteiger partial charge in [-0.3, -0.25) is 14.9 Å². The number of nitro groups is 1. The van der Waals surface area contributed by atoms with Crippen LogP contribution in [0.2, 0.25) is 0 Å². The molecule has 9 heteroatoms. The molecular formula is C19H11FN4O4. The van der Waals surface area contributed by atoms with E-state index in [1.165, 1.54) is 29.0 Å². The van der Waals surface area contributed by atoms with Crippen molar-refractivity contribution in [3.63, 3.8) is 0 Å². The minimum Gasteiger partial charge on any atom is -0.507 e. The normalized spacial score (nSPS) is 10.9. The van der Waals surface area contributed by atoms with Crippen LogP contribution in [0.1, 0.15) is 15.9 Å². The van der Waals surface area contributed by atoms with Gasteiger partial charge in [-0.05, 0) is 30.3 Å². The zero-order valence-corrected chi connectivity index (χ0v) is 14.1. The van der Waals surface area contributed by atoms with Crippen molar-refractivity contribution < 1.29 is 19.2 Å². The van der Waals surface area contributed by atoms with Gasteiger partial charge >= 0.3 is 0 Å².